The molecule has 3 unspecified atom stereocenters. The van der Waals surface area contributed by atoms with Crippen LogP contribution >= 0.6 is 0 Å². The zero-order valence-electron chi connectivity index (χ0n) is 20.1. The van der Waals surface area contributed by atoms with Crippen LogP contribution in [0.1, 0.15) is 40.4 Å². The fourth-order valence-corrected chi connectivity index (χ4v) is 4.29. The van der Waals surface area contributed by atoms with E-state index >= 15 is 0 Å². The Morgan fingerprint density at radius 2 is 1.82 bits per heavy atom. The van der Waals surface area contributed by atoms with Crippen LogP contribution in [0.4, 0.5) is 5.82 Å². The number of anilines is 1. The summed E-state index contributed by atoms with van der Waals surface area (Å²) < 4.78 is 7.81. The molecule has 3 aromatic heterocycles. The molecule has 3 aromatic rings. The summed E-state index contributed by atoms with van der Waals surface area (Å²) in [6.45, 7) is 13.8. The van der Waals surface area contributed by atoms with Crippen molar-refractivity contribution in [3.63, 3.8) is 0 Å². The van der Waals surface area contributed by atoms with Gasteiger partial charge in [0.05, 0.1) is 17.8 Å². The summed E-state index contributed by atoms with van der Waals surface area (Å²) in [4.78, 5) is 37.8. The van der Waals surface area contributed by atoms with Crippen LogP contribution in [0.2, 0.25) is 0 Å². The van der Waals surface area contributed by atoms with Crippen LogP contribution in [-0.4, -0.2) is 71.6 Å². The van der Waals surface area contributed by atoms with Crippen LogP contribution in [0, 0.1) is 12.8 Å². The number of hydrogen-bond acceptors (Lipinski definition) is 8. The molecule has 176 valence electrons. The molecule has 0 radical (unpaired) electrons. The van der Waals surface area contributed by atoms with E-state index in [-0.39, 0.29) is 24.0 Å². The summed E-state index contributed by atoms with van der Waals surface area (Å²) in [7, 11) is 0. The largest absolute Gasteiger partial charge is 0.372 e. The van der Waals surface area contributed by atoms with Gasteiger partial charge in [0.25, 0.3) is 0 Å². The maximum Gasteiger partial charge on any atom is 0.245 e. The lowest BCUT2D eigenvalue weighted by atomic mass is 10.0. The first-order valence-corrected chi connectivity index (χ1v) is 11.5. The van der Waals surface area contributed by atoms with E-state index in [4.69, 9.17) is 9.72 Å². The predicted octanol–water partition coefficient (Wildman–Crippen LogP) is 2.68. The monoisotopic (exact) mass is 452 g/mol. The highest BCUT2D eigenvalue weighted by atomic mass is 16.5. The van der Waals surface area contributed by atoms with E-state index < -0.39 is 6.04 Å². The van der Waals surface area contributed by atoms with Gasteiger partial charge < -0.3 is 19.5 Å². The van der Waals surface area contributed by atoms with Crippen molar-refractivity contribution < 1.29 is 9.53 Å². The average molecular weight is 453 g/mol. The van der Waals surface area contributed by atoms with E-state index in [0.29, 0.717) is 42.4 Å². The Hall–Kier alpha value is -3.14. The van der Waals surface area contributed by atoms with Gasteiger partial charge in [-0.25, -0.2) is 24.9 Å². The van der Waals surface area contributed by atoms with E-state index in [1.807, 2.05) is 51.0 Å². The van der Waals surface area contributed by atoms with Gasteiger partial charge in [0.1, 0.15) is 24.0 Å². The van der Waals surface area contributed by atoms with E-state index in [2.05, 4.69) is 25.3 Å². The lowest BCUT2D eigenvalue weighted by molar-refractivity contribution is -0.144. The van der Waals surface area contributed by atoms with Gasteiger partial charge in [0.2, 0.25) is 5.91 Å². The number of ether oxygens (including phenoxy) is 1. The molecule has 1 saturated heterocycles. The molecule has 0 saturated carbocycles. The molecule has 1 N–H and O–H groups in total. The zero-order valence-corrected chi connectivity index (χ0v) is 20.1. The van der Waals surface area contributed by atoms with Crippen LogP contribution in [0.15, 0.2) is 18.7 Å². The number of nitrogens with zero attached hydrogens (tertiary/aromatic N) is 7. The second kappa shape index (κ2) is 9.38. The summed E-state index contributed by atoms with van der Waals surface area (Å²) in [6, 6.07) is -0.446. The second-order valence-electron chi connectivity index (χ2n) is 8.96. The third kappa shape index (κ3) is 4.66. The minimum absolute atomic E-state index is 0.0100. The molecule has 10 nitrogen and oxygen atoms in total. The van der Waals surface area contributed by atoms with Gasteiger partial charge in [-0.15, -0.1) is 0 Å². The molecule has 0 aromatic carbocycles. The summed E-state index contributed by atoms with van der Waals surface area (Å²) in [5.41, 5.74) is 2.13. The van der Waals surface area contributed by atoms with Crippen LogP contribution in [-0.2, 0) is 16.1 Å². The van der Waals surface area contributed by atoms with Gasteiger partial charge in [-0.1, -0.05) is 13.8 Å². The van der Waals surface area contributed by atoms with E-state index in [1.54, 1.807) is 12.4 Å². The van der Waals surface area contributed by atoms with Crippen LogP contribution in [0.5, 0.6) is 0 Å². The van der Waals surface area contributed by atoms with Gasteiger partial charge in [-0.05, 0) is 33.6 Å². The first kappa shape index (κ1) is 23.0. The maximum atomic E-state index is 13.5. The highest BCUT2D eigenvalue weighted by Gasteiger charge is 2.33. The molecule has 3 atom stereocenters. The molecule has 1 aliphatic rings. The number of carbonyl (C=O) groups is 1. The Labute approximate surface area is 193 Å². The van der Waals surface area contributed by atoms with Crippen molar-refractivity contribution in [3.05, 3.63) is 24.5 Å². The fourth-order valence-electron chi connectivity index (χ4n) is 4.29. The minimum atomic E-state index is -0.446. The number of hydrogen-bond donors (Lipinski definition) is 1. The van der Waals surface area contributed by atoms with Crippen LogP contribution in [0.25, 0.3) is 22.6 Å². The first-order valence-electron chi connectivity index (χ1n) is 11.5. The molecule has 0 spiro atoms. The van der Waals surface area contributed by atoms with Crippen molar-refractivity contribution in [3.8, 4) is 11.4 Å². The third-order valence-corrected chi connectivity index (χ3v) is 5.84. The number of imidazole rings is 1. The SMILES string of the molecule is CCn1c(-c2cnc(C)nc2)nc2c(NC(C(=O)N3CC(C)OC(C)C3)C(C)C)ncnc21. The number of morpholine rings is 1. The number of aromatic nitrogens is 6. The van der Waals surface area contributed by atoms with Crippen molar-refractivity contribution in [1.82, 2.24) is 34.4 Å². The number of nitrogens with one attached hydrogen (secondary N) is 1. The molecule has 0 aliphatic carbocycles. The number of aryl methyl sites for hydroxylation is 2. The zero-order chi connectivity index (χ0) is 23.7. The Kier molecular flexibility index (Phi) is 6.55. The van der Waals surface area contributed by atoms with Crippen LogP contribution < -0.4 is 5.32 Å². The van der Waals surface area contributed by atoms with Gasteiger partial charge in [0.15, 0.2) is 17.0 Å². The molecular formula is C23H32N8O2. The Morgan fingerprint density at radius 1 is 1.15 bits per heavy atom. The Balaban J connectivity index is 1.69. The molecule has 0 bridgehead atoms. The molecule has 4 rings (SSSR count). The Morgan fingerprint density at radius 3 is 2.42 bits per heavy atom. The number of carbonyl (C=O) groups excluding carboxylic acids is 1. The van der Waals surface area contributed by atoms with Gasteiger partial charge in [0, 0.05) is 32.0 Å². The first-order chi connectivity index (χ1) is 15.8. The predicted molar refractivity (Wildman–Crippen MR) is 126 cm³/mol. The quantitative estimate of drug-likeness (QED) is 0.608. The normalized spacial score (nSPS) is 19.8. The van der Waals surface area contributed by atoms with Crippen molar-refractivity contribution in [1.29, 1.82) is 0 Å². The number of amides is 1. The minimum Gasteiger partial charge on any atom is -0.372 e. The van der Waals surface area contributed by atoms with E-state index in [0.717, 1.165) is 11.4 Å². The second-order valence-corrected chi connectivity index (χ2v) is 8.96. The number of rotatable bonds is 6. The van der Waals surface area contributed by atoms with Gasteiger partial charge in [-0.3, -0.25) is 4.79 Å². The summed E-state index contributed by atoms with van der Waals surface area (Å²) in [5, 5.41) is 3.38. The lowest BCUT2D eigenvalue weighted by Gasteiger charge is -2.38. The van der Waals surface area contributed by atoms with Crippen LogP contribution in [0.3, 0.4) is 0 Å². The smallest absolute Gasteiger partial charge is 0.245 e. The summed E-state index contributed by atoms with van der Waals surface area (Å²) in [6.07, 6.45) is 5.05. The van der Waals surface area contributed by atoms with E-state index in [9.17, 15) is 4.79 Å². The summed E-state index contributed by atoms with van der Waals surface area (Å²) >= 11 is 0. The van der Waals surface area contributed by atoms with Gasteiger partial charge in [-0.2, -0.15) is 0 Å². The van der Waals surface area contributed by atoms with E-state index in [1.165, 1.54) is 6.33 Å². The van der Waals surface area contributed by atoms with Gasteiger partial charge >= 0.3 is 0 Å². The highest BCUT2D eigenvalue weighted by Crippen LogP contribution is 2.27. The summed E-state index contributed by atoms with van der Waals surface area (Å²) in [5.74, 6) is 2.06. The van der Waals surface area contributed by atoms with Crippen molar-refractivity contribution in [2.45, 2.75) is 66.3 Å². The molecule has 1 aliphatic heterocycles. The fraction of sp³-hybridized carbons (Fsp3) is 0.565. The van der Waals surface area contributed by atoms with Crippen molar-refractivity contribution >= 4 is 22.9 Å². The maximum absolute atomic E-state index is 13.5. The molecule has 33 heavy (non-hydrogen) atoms. The van der Waals surface area contributed by atoms with Crippen molar-refractivity contribution in [2.75, 3.05) is 18.4 Å². The molecule has 1 fully saturated rings. The number of fused-ring (bicyclic) bond motifs is 1. The Bertz CT molecular complexity index is 1120. The molecule has 10 heteroatoms. The van der Waals surface area contributed by atoms with Crippen molar-refractivity contribution in [2.24, 2.45) is 5.92 Å². The third-order valence-electron chi connectivity index (χ3n) is 5.84. The topological polar surface area (TPSA) is 111 Å². The highest BCUT2D eigenvalue weighted by molar-refractivity contribution is 5.90. The molecule has 1 amide bonds. The molecule has 4 heterocycles. The lowest BCUT2D eigenvalue weighted by Crippen LogP contribution is -2.54. The average Bonchev–Trinajstić information content (AvgIpc) is 3.16. The standard InChI is InChI=1S/C23H32N8O2/c1-7-31-21(17-8-24-16(6)25-9-17)29-19-20(26-12-27-22(19)31)28-18(13(2)3)23(32)30-10-14(4)33-15(5)11-30/h8-9,12-15,18H,7,10-11H2,1-6H3,(H,26,27,28). The molecular weight excluding hydrogens is 420 g/mol.